The fraction of sp³-hybridized carbons (Fsp3) is 0.222. The van der Waals surface area contributed by atoms with Gasteiger partial charge < -0.3 is 4.90 Å². The van der Waals surface area contributed by atoms with Crippen molar-refractivity contribution in [1.82, 2.24) is 15.1 Å². The number of aromatic amines is 1. The molecule has 0 radical (unpaired) electrons. The summed E-state index contributed by atoms with van der Waals surface area (Å²) >= 11 is 7.66. The van der Waals surface area contributed by atoms with Crippen LogP contribution in [0.25, 0.3) is 11.3 Å². The lowest BCUT2D eigenvalue weighted by Crippen LogP contribution is -2.35. The lowest BCUT2D eigenvalue weighted by molar-refractivity contribution is 0.0690. The first-order chi connectivity index (χ1) is 11.6. The summed E-state index contributed by atoms with van der Waals surface area (Å²) in [5.41, 5.74) is 3.32. The molecule has 122 valence electrons. The van der Waals surface area contributed by atoms with Crippen molar-refractivity contribution in [1.29, 1.82) is 0 Å². The Balaban J connectivity index is 1.91. The van der Waals surface area contributed by atoms with Crippen molar-refractivity contribution in [3.8, 4) is 11.3 Å². The molecule has 3 heterocycles. The van der Waals surface area contributed by atoms with Gasteiger partial charge in [0.15, 0.2) is 0 Å². The molecular weight excluding hydrogens is 342 g/mol. The van der Waals surface area contributed by atoms with Gasteiger partial charge in [0.1, 0.15) is 5.69 Å². The normalized spacial score (nSPS) is 16.9. The number of thiophene rings is 1. The number of fused-ring (bicyclic) bond motifs is 1. The van der Waals surface area contributed by atoms with Crippen molar-refractivity contribution in [2.75, 3.05) is 0 Å². The second kappa shape index (κ2) is 5.76. The van der Waals surface area contributed by atoms with E-state index in [4.69, 9.17) is 11.6 Å². The number of halogens is 1. The zero-order valence-electron chi connectivity index (χ0n) is 13.3. The zero-order valence-corrected chi connectivity index (χ0v) is 14.9. The van der Waals surface area contributed by atoms with Crippen LogP contribution in [0.4, 0.5) is 0 Å². The number of nitrogens with zero attached hydrogens (tertiary/aromatic N) is 2. The predicted octanol–water partition coefficient (Wildman–Crippen LogP) is 4.75. The van der Waals surface area contributed by atoms with Crippen molar-refractivity contribution in [3.63, 3.8) is 0 Å². The molecule has 1 atom stereocenters. The Kier molecular flexibility index (Phi) is 3.70. The minimum Gasteiger partial charge on any atom is -0.323 e. The van der Waals surface area contributed by atoms with Gasteiger partial charge in [-0.2, -0.15) is 5.10 Å². The number of carbonyl (C=O) groups excluding carboxylic acids is 1. The fourth-order valence-corrected chi connectivity index (χ4v) is 4.21. The van der Waals surface area contributed by atoms with E-state index in [9.17, 15) is 4.79 Å². The molecule has 4 nitrogen and oxygen atoms in total. The molecule has 24 heavy (non-hydrogen) atoms. The molecule has 2 aromatic heterocycles. The second-order valence-electron chi connectivity index (χ2n) is 6.09. The van der Waals surface area contributed by atoms with Gasteiger partial charge in [0.05, 0.1) is 11.7 Å². The van der Waals surface area contributed by atoms with E-state index in [0.717, 1.165) is 21.7 Å². The Morgan fingerprint density at radius 1 is 1.25 bits per heavy atom. The molecule has 1 aromatic carbocycles. The van der Waals surface area contributed by atoms with Crippen LogP contribution < -0.4 is 0 Å². The first kappa shape index (κ1) is 15.4. The first-order valence-electron chi connectivity index (χ1n) is 7.78. The molecule has 0 saturated carbocycles. The highest BCUT2D eigenvalue weighted by Gasteiger charge is 2.43. The second-order valence-corrected chi connectivity index (χ2v) is 7.51. The van der Waals surface area contributed by atoms with E-state index in [1.54, 1.807) is 11.3 Å². The maximum Gasteiger partial charge on any atom is 0.273 e. The van der Waals surface area contributed by atoms with E-state index in [1.807, 2.05) is 54.5 Å². The van der Waals surface area contributed by atoms with Crippen LogP contribution in [0, 0.1) is 0 Å². The Morgan fingerprint density at radius 2 is 2.00 bits per heavy atom. The topological polar surface area (TPSA) is 49.0 Å². The van der Waals surface area contributed by atoms with Crippen LogP contribution >= 0.6 is 22.9 Å². The smallest absolute Gasteiger partial charge is 0.273 e. The number of rotatable bonds is 3. The number of carbonyl (C=O) groups is 1. The van der Waals surface area contributed by atoms with Crippen molar-refractivity contribution < 1.29 is 4.79 Å². The molecule has 1 aliphatic rings. The Bertz CT molecular complexity index is 884. The molecule has 0 spiro atoms. The minimum atomic E-state index is -0.100. The number of aromatic nitrogens is 2. The van der Waals surface area contributed by atoms with Gasteiger partial charge in [-0.25, -0.2) is 0 Å². The number of amides is 1. The summed E-state index contributed by atoms with van der Waals surface area (Å²) in [4.78, 5) is 16.0. The average Bonchev–Trinajstić information content (AvgIpc) is 3.26. The third-order valence-electron chi connectivity index (χ3n) is 4.29. The van der Waals surface area contributed by atoms with Gasteiger partial charge in [0, 0.05) is 27.1 Å². The summed E-state index contributed by atoms with van der Waals surface area (Å²) in [6.45, 7) is 4.08. The van der Waals surface area contributed by atoms with Crippen LogP contribution in [0.5, 0.6) is 0 Å². The number of hydrogen-bond donors (Lipinski definition) is 1. The van der Waals surface area contributed by atoms with Gasteiger partial charge in [-0.3, -0.25) is 9.89 Å². The Morgan fingerprint density at radius 3 is 2.62 bits per heavy atom. The molecule has 1 amide bonds. The van der Waals surface area contributed by atoms with Crippen LogP contribution in [0.2, 0.25) is 5.02 Å². The molecule has 1 unspecified atom stereocenters. The van der Waals surface area contributed by atoms with E-state index in [0.29, 0.717) is 10.7 Å². The summed E-state index contributed by atoms with van der Waals surface area (Å²) in [6.07, 6.45) is 0. The fourth-order valence-electron chi connectivity index (χ4n) is 3.25. The van der Waals surface area contributed by atoms with E-state index in [1.165, 1.54) is 0 Å². The largest absolute Gasteiger partial charge is 0.323 e. The third-order valence-corrected chi connectivity index (χ3v) is 5.47. The Hall–Kier alpha value is -2.11. The molecule has 0 bridgehead atoms. The molecule has 0 aliphatic carbocycles. The zero-order chi connectivity index (χ0) is 16.8. The molecule has 6 heteroatoms. The summed E-state index contributed by atoms with van der Waals surface area (Å²) in [5.74, 6) is 0.00566. The van der Waals surface area contributed by atoms with Gasteiger partial charge >= 0.3 is 0 Å². The van der Waals surface area contributed by atoms with E-state index < -0.39 is 0 Å². The highest BCUT2D eigenvalue weighted by Crippen LogP contribution is 2.44. The monoisotopic (exact) mass is 357 g/mol. The molecule has 0 saturated heterocycles. The number of benzene rings is 1. The highest BCUT2D eigenvalue weighted by atomic mass is 35.5. The summed E-state index contributed by atoms with van der Waals surface area (Å²) in [7, 11) is 0. The third kappa shape index (κ3) is 2.27. The standard InChI is InChI=1S/C18H16ClN3OS/c1-10(2)22-17(13-4-3-9-24-13)14-15(20-21-16(14)18(22)23)11-5-7-12(19)8-6-11/h3-10,17H,1-2H3,(H,20,21). The quantitative estimate of drug-likeness (QED) is 0.735. The van der Waals surface area contributed by atoms with Crippen LogP contribution in [0.15, 0.2) is 41.8 Å². The number of hydrogen-bond acceptors (Lipinski definition) is 3. The molecule has 4 rings (SSSR count). The van der Waals surface area contributed by atoms with Gasteiger partial charge in [-0.1, -0.05) is 29.8 Å². The lowest BCUT2D eigenvalue weighted by Gasteiger charge is -2.28. The summed E-state index contributed by atoms with van der Waals surface area (Å²) < 4.78 is 0. The maximum absolute atomic E-state index is 12.9. The van der Waals surface area contributed by atoms with Crippen molar-refractivity contribution >= 4 is 28.8 Å². The molecule has 1 aliphatic heterocycles. The predicted molar refractivity (Wildman–Crippen MR) is 96.5 cm³/mol. The maximum atomic E-state index is 12.9. The average molecular weight is 358 g/mol. The van der Waals surface area contributed by atoms with E-state index in [2.05, 4.69) is 16.3 Å². The van der Waals surface area contributed by atoms with E-state index >= 15 is 0 Å². The van der Waals surface area contributed by atoms with Gasteiger partial charge in [0.2, 0.25) is 0 Å². The van der Waals surface area contributed by atoms with Crippen molar-refractivity contribution in [2.24, 2.45) is 0 Å². The van der Waals surface area contributed by atoms with Gasteiger partial charge in [-0.15, -0.1) is 11.3 Å². The number of nitrogens with one attached hydrogen (secondary N) is 1. The molecule has 0 fully saturated rings. The summed E-state index contributed by atoms with van der Waals surface area (Å²) in [5, 5.41) is 10.1. The number of H-pyrrole nitrogens is 1. The summed E-state index contributed by atoms with van der Waals surface area (Å²) in [6, 6.07) is 11.7. The lowest BCUT2D eigenvalue weighted by atomic mass is 10.0. The molecule has 1 N–H and O–H groups in total. The van der Waals surface area contributed by atoms with Crippen LogP contribution in [-0.4, -0.2) is 27.0 Å². The van der Waals surface area contributed by atoms with Crippen molar-refractivity contribution in [2.45, 2.75) is 25.9 Å². The van der Waals surface area contributed by atoms with Crippen LogP contribution in [0.1, 0.15) is 40.8 Å². The van der Waals surface area contributed by atoms with E-state index in [-0.39, 0.29) is 18.0 Å². The Labute approximate surface area is 149 Å². The highest BCUT2D eigenvalue weighted by molar-refractivity contribution is 7.10. The molecule has 3 aromatic rings. The first-order valence-corrected chi connectivity index (χ1v) is 9.04. The van der Waals surface area contributed by atoms with Crippen molar-refractivity contribution in [3.05, 3.63) is 62.9 Å². The van der Waals surface area contributed by atoms with Crippen LogP contribution in [0.3, 0.4) is 0 Å². The molecular formula is C18H16ClN3OS. The SMILES string of the molecule is CC(C)N1C(=O)c2[nH]nc(-c3ccc(Cl)cc3)c2C1c1cccs1. The van der Waals surface area contributed by atoms with Gasteiger partial charge in [-0.05, 0) is 37.4 Å². The minimum absolute atomic E-state index is 0.00566. The van der Waals surface area contributed by atoms with Crippen LogP contribution in [-0.2, 0) is 0 Å². The van der Waals surface area contributed by atoms with Gasteiger partial charge in [0.25, 0.3) is 5.91 Å².